The molecule has 11 nitrogen and oxygen atoms in total. The molecule has 0 saturated carbocycles. The van der Waals surface area contributed by atoms with Crippen LogP contribution in [0.5, 0.6) is 5.75 Å². The highest BCUT2D eigenvalue weighted by molar-refractivity contribution is 6.37. The van der Waals surface area contributed by atoms with Gasteiger partial charge in [-0.15, -0.1) is 0 Å². The molecule has 1 heterocycles. The molecule has 0 fully saturated rings. The third kappa shape index (κ3) is 6.22. The van der Waals surface area contributed by atoms with Crippen LogP contribution in [0.25, 0.3) is 0 Å². The number of aryl methyl sites for hydroxylation is 1. The molecule has 1 aromatic carbocycles. The maximum absolute atomic E-state index is 12.7. The van der Waals surface area contributed by atoms with Crippen molar-refractivity contribution in [3.05, 3.63) is 22.7 Å². The first-order chi connectivity index (χ1) is 13.8. The number of nitrogens with zero attached hydrogens (tertiary/aromatic N) is 4. The van der Waals surface area contributed by atoms with Gasteiger partial charge in [-0.3, -0.25) is 15.4 Å². The number of halogens is 3. The fourth-order valence-corrected chi connectivity index (χ4v) is 2.34. The second-order valence-corrected chi connectivity index (χ2v) is 5.74. The van der Waals surface area contributed by atoms with Crippen LogP contribution in [0.3, 0.4) is 0 Å². The fourth-order valence-electron chi connectivity index (χ4n) is 2.05. The van der Waals surface area contributed by atoms with Crippen LogP contribution in [0.4, 0.5) is 25.2 Å². The molecule has 14 heteroatoms. The highest BCUT2D eigenvalue weighted by Gasteiger charge is 2.22. The van der Waals surface area contributed by atoms with Crippen LogP contribution in [0, 0.1) is 0 Å². The summed E-state index contributed by atoms with van der Waals surface area (Å²) in [6.07, 6.45) is -0.552. The lowest BCUT2D eigenvalue weighted by Gasteiger charge is -2.16. The topological polar surface area (TPSA) is 129 Å². The van der Waals surface area contributed by atoms with Crippen LogP contribution in [0.1, 0.15) is 16.8 Å². The molecule has 0 unspecified atom stereocenters. The van der Waals surface area contributed by atoms with E-state index in [1.807, 2.05) is 0 Å². The first-order valence-corrected chi connectivity index (χ1v) is 8.45. The van der Waals surface area contributed by atoms with Gasteiger partial charge in [-0.25, -0.2) is 9.48 Å². The van der Waals surface area contributed by atoms with Crippen molar-refractivity contribution in [1.82, 2.24) is 20.2 Å². The first-order valence-electron chi connectivity index (χ1n) is 8.07. The minimum absolute atomic E-state index is 0.0155. The monoisotopic (exact) mass is 434 g/mol. The largest absolute Gasteiger partial charge is 0.449 e. The molecule has 1 aromatic heterocycles. The lowest BCUT2D eigenvalue weighted by Crippen LogP contribution is -2.19. The lowest BCUT2D eigenvalue weighted by molar-refractivity contribution is -0.0493. The molecule has 0 radical (unpaired) electrons. The van der Waals surface area contributed by atoms with Gasteiger partial charge < -0.3 is 14.2 Å². The van der Waals surface area contributed by atoms with E-state index in [0.29, 0.717) is 13.0 Å². The van der Waals surface area contributed by atoms with Crippen LogP contribution in [0.15, 0.2) is 12.1 Å². The van der Waals surface area contributed by atoms with Crippen molar-refractivity contribution in [2.75, 3.05) is 31.0 Å². The number of hydrogen-bond donors (Lipinski definition) is 2. The Kier molecular flexibility index (Phi) is 8.03. The smallest absolute Gasteiger partial charge is 0.411 e. The zero-order valence-corrected chi connectivity index (χ0v) is 16.1. The van der Waals surface area contributed by atoms with E-state index in [2.05, 4.69) is 30.9 Å². The van der Waals surface area contributed by atoms with Gasteiger partial charge in [-0.2, -0.15) is 8.78 Å². The highest BCUT2D eigenvalue weighted by Crippen LogP contribution is 2.36. The Bertz CT molecular complexity index is 866. The zero-order chi connectivity index (χ0) is 21.4. The highest BCUT2D eigenvalue weighted by atomic mass is 35.5. The Morgan fingerprint density at radius 3 is 2.66 bits per heavy atom. The van der Waals surface area contributed by atoms with E-state index in [-0.39, 0.29) is 28.8 Å². The molecule has 0 aliphatic carbocycles. The molecule has 0 bridgehead atoms. The van der Waals surface area contributed by atoms with Crippen molar-refractivity contribution < 1.29 is 32.6 Å². The number of tetrazole rings is 1. The first kappa shape index (κ1) is 22.2. The SMILES string of the molecule is COCCCOC(=O)Nc1c(OC(F)F)ccc(C(=O)Nc2nnnn2C)c1Cl. The van der Waals surface area contributed by atoms with Crippen molar-refractivity contribution in [2.45, 2.75) is 13.0 Å². The van der Waals surface area contributed by atoms with Gasteiger partial charge in [0.2, 0.25) is 5.95 Å². The number of carbonyl (C=O) groups excluding carboxylic acids is 2. The number of ether oxygens (including phenoxy) is 3. The van der Waals surface area contributed by atoms with Crippen molar-refractivity contribution in [3.63, 3.8) is 0 Å². The molecule has 0 aliphatic rings. The number of methoxy groups -OCH3 is 1. The van der Waals surface area contributed by atoms with Gasteiger partial charge in [-0.05, 0) is 22.6 Å². The van der Waals surface area contributed by atoms with E-state index >= 15 is 0 Å². The number of alkyl halides is 2. The van der Waals surface area contributed by atoms with Gasteiger partial charge in [0.25, 0.3) is 5.91 Å². The Hall–Kier alpha value is -3.06. The average Bonchev–Trinajstić information content (AvgIpc) is 3.06. The minimum Gasteiger partial charge on any atom is -0.449 e. The van der Waals surface area contributed by atoms with E-state index in [0.717, 1.165) is 12.1 Å². The summed E-state index contributed by atoms with van der Waals surface area (Å²) in [4.78, 5) is 24.4. The van der Waals surface area contributed by atoms with Gasteiger partial charge in [0.05, 0.1) is 17.2 Å². The molecule has 29 heavy (non-hydrogen) atoms. The zero-order valence-electron chi connectivity index (χ0n) is 15.3. The van der Waals surface area contributed by atoms with Crippen LogP contribution < -0.4 is 15.4 Å². The molecule has 2 amide bonds. The van der Waals surface area contributed by atoms with Gasteiger partial charge in [0.15, 0.2) is 5.75 Å². The van der Waals surface area contributed by atoms with Gasteiger partial charge in [-0.1, -0.05) is 16.7 Å². The molecular weight excluding hydrogens is 418 g/mol. The predicted molar refractivity (Wildman–Crippen MR) is 96.3 cm³/mol. The normalized spacial score (nSPS) is 10.7. The second kappa shape index (κ2) is 10.5. The third-order valence-electron chi connectivity index (χ3n) is 3.36. The number of hydrogen-bond acceptors (Lipinski definition) is 8. The van der Waals surface area contributed by atoms with Crippen LogP contribution in [-0.2, 0) is 16.5 Å². The van der Waals surface area contributed by atoms with E-state index < -0.39 is 24.4 Å². The number of aromatic nitrogens is 4. The summed E-state index contributed by atoms with van der Waals surface area (Å²) in [7, 11) is 2.98. The molecule has 0 atom stereocenters. The summed E-state index contributed by atoms with van der Waals surface area (Å²) in [5, 5.41) is 14.8. The standard InChI is InChI=1S/C15H17ClF2N6O5/c1-24-14(21-22-23-24)20-12(25)8-4-5-9(29-13(17)18)11(10(8)16)19-15(26)28-7-3-6-27-2/h4-5,13H,3,6-7H2,1-2H3,(H,19,26)(H,20,21,23,25). The molecule has 0 aliphatic heterocycles. The summed E-state index contributed by atoms with van der Waals surface area (Å²) < 4.78 is 40.6. The lowest BCUT2D eigenvalue weighted by atomic mass is 10.1. The van der Waals surface area contributed by atoms with Crippen molar-refractivity contribution in [2.24, 2.45) is 7.05 Å². The molecule has 2 rings (SSSR count). The molecule has 158 valence electrons. The maximum Gasteiger partial charge on any atom is 0.411 e. The quantitative estimate of drug-likeness (QED) is 0.575. The Morgan fingerprint density at radius 2 is 2.03 bits per heavy atom. The van der Waals surface area contributed by atoms with Crippen molar-refractivity contribution in [1.29, 1.82) is 0 Å². The fraction of sp³-hybridized carbons (Fsp3) is 0.400. The Labute approximate surface area is 168 Å². The van der Waals surface area contributed by atoms with Crippen LogP contribution in [0.2, 0.25) is 5.02 Å². The number of amides is 2. The Balaban J connectivity index is 2.23. The number of benzene rings is 1. The third-order valence-corrected chi connectivity index (χ3v) is 3.76. The van der Waals surface area contributed by atoms with Crippen LogP contribution in [-0.4, -0.2) is 59.1 Å². The number of rotatable bonds is 9. The predicted octanol–water partition coefficient (Wildman–Crippen LogP) is 2.30. The van der Waals surface area contributed by atoms with Crippen molar-refractivity contribution in [3.8, 4) is 5.75 Å². The maximum atomic E-state index is 12.7. The molecule has 2 aromatic rings. The summed E-state index contributed by atoms with van der Waals surface area (Å²) >= 11 is 6.17. The molecule has 0 spiro atoms. The van der Waals surface area contributed by atoms with Gasteiger partial charge in [0, 0.05) is 27.2 Å². The summed E-state index contributed by atoms with van der Waals surface area (Å²) in [6.45, 7) is -2.81. The van der Waals surface area contributed by atoms with E-state index in [9.17, 15) is 18.4 Å². The summed E-state index contributed by atoms with van der Waals surface area (Å²) in [6, 6.07) is 2.21. The average molecular weight is 435 g/mol. The van der Waals surface area contributed by atoms with Crippen LogP contribution >= 0.6 is 11.6 Å². The molecule has 2 N–H and O–H groups in total. The summed E-state index contributed by atoms with van der Waals surface area (Å²) in [5.41, 5.74) is -0.501. The number of anilines is 2. The Morgan fingerprint density at radius 1 is 1.28 bits per heavy atom. The number of nitrogens with one attached hydrogen (secondary N) is 2. The number of carbonyl (C=O) groups is 2. The van der Waals surface area contributed by atoms with E-state index in [1.54, 1.807) is 0 Å². The second-order valence-electron chi connectivity index (χ2n) is 5.37. The minimum atomic E-state index is -3.19. The summed E-state index contributed by atoms with van der Waals surface area (Å²) in [5.74, 6) is -1.17. The molecule has 0 saturated heterocycles. The van der Waals surface area contributed by atoms with E-state index in [1.165, 1.54) is 18.8 Å². The van der Waals surface area contributed by atoms with Gasteiger partial charge >= 0.3 is 12.7 Å². The van der Waals surface area contributed by atoms with E-state index in [4.69, 9.17) is 21.1 Å². The molecular formula is C15H17ClF2N6O5. The van der Waals surface area contributed by atoms with Gasteiger partial charge in [0.1, 0.15) is 5.69 Å². The van der Waals surface area contributed by atoms with Crippen molar-refractivity contribution >= 4 is 35.2 Å².